The number of ketones is 1. The highest BCUT2D eigenvalue weighted by Crippen LogP contribution is 2.45. The van der Waals surface area contributed by atoms with Crippen LogP contribution in [0, 0.1) is 23.7 Å². The van der Waals surface area contributed by atoms with Crippen LogP contribution in [0.15, 0.2) is 12.2 Å². The molecule has 0 radical (unpaired) electrons. The van der Waals surface area contributed by atoms with Crippen LogP contribution >= 0.6 is 0 Å². The molecule has 0 unspecified atom stereocenters. The Balaban J connectivity index is 1.60. The van der Waals surface area contributed by atoms with E-state index in [1.807, 2.05) is 27.7 Å². The third-order valence-electron chi connectivity index (χ3n) is 11.7. The van der Waals surface area contributed by atoms with Crippen molar-refractivity contribution in [3.8, 4) is 0 Å². The molecular formula is C38H65NO14. The summed E-state index contributed by atoms with van der Waals surface area (Å²) >= 11 is 0. The summed E-state index contributed by atoms with van der Waals surface area (Å²) in [5, 5.41) is 44.2. The third kappa shape index (κ3) is 10.0. The van der Waals surface area contributed by atoms with Crippen LogP contribution in [0.5, 0.6) is 0 Å². The first-order valence-electron chi connectivity index (χ1n) is 19.0. The molecule has 0 aromatic rings. The number of allylic oxidation sites excluding steroid dienone is 1. The van der Waals surface area contributed by atoms with Crippen LogP contribution in [-0.2, 0) is 47.5 Å². The van der Waals surface area contributed by atoms with Gasteiger partial charge in [-0.1, -0.05) is 27.7 Å². The van der Waals surface area contributed by atoms with Crippen molar-refractivity contribution in [1.82, 2.24) is 4.90 Å². The van der Waals surface area contributed by atoms with E-state index in [9.17, 15) is 30.0 Å². The number of likely N-dealkylation sites (N-methyl/N-ethyl adjacent to an activating group) is 1. The fourth-order valence-corrected chi connectivity index (χ4v) is 8.27. The minimum Gasteiger partial charge on any atom is -0.462 e. The molecular weight excluding hydrogens is 694 g/mol. The summed E-state index contributed by atoms with van der Waals surface area (Å²) in [6.45, 7) is 12.6. The number of aliphatic hydroxyl groups excluding tert-OH is 4. The first-order valence-corrected chi connectivity index (χ1v) is 19.0. The number of carbonyl (C=O) groups excluding carboxylic acids is 2. The van der Waals surface area contributed by atoms with Crippen LogP contribution in [0.1, 0.15) is 67.7 Å². The Morgan fingerprint density at radius 1 is 0.887 bits per heavy atom. The molecule has 3 fully saturated rings. The van der Waals surface area contributed by atoms with Gasteiger partial charge in [-0.2, -0.15) is 0 Å². The molecule has 0 bridgehead atoms. The Bertz CT molecular complexity index is 1240. The maximum absolute atomic E-state index is 13.6. The number of fused-ring (bicyclic) bond motifs is 1. The number of esters is 1. The molecule has 306 valence electrons. The second kappa shape index (κ2) is 18.6. The number of hydrogen-bond donors (Lipinski definition) is 4. The van der Waals surface area contributed by atoms with Crippen molar-refractivity contribution in [2.24, 2.45) is 23.7 Å². The van der Waals surface area contributed by atoms with Gasteiger partial charge in [0.2, 0.25) is 0 Å². The summed E-state index contributed by atoms with van der Waals surface area (Å²) in [5.74, 6) is -2.68. The standard InChI is InChI=1S/C38H65NO14/c1-12-26-23(17-48-37-34(47-11)33(46-10)30(44)22(6)50-37)35-38(7,53-35)14-13-24(40)18(2)15-19(3)32(20(4)25(41)16-27(42)51-26)52-36-31(45)28(39(8)9)29(43)21(5)49-36/h13-14,18-23,25-26,28-37,41,43-45H,12,15-17H2,1-11H3/b14-13+/t18-,19+,20+,21-,22-,23-,25-,26-,28+,29-,30-,31-,32+,33-,34-,35-,36+,37-,38+/m1/s1. The van der Waals surface area contributed by atoms with E-state index in [4.69, 9.17) is 37.9 Å². The smallest absolute Gasteiger partial charge is 0.308 e. The predicted octanol–water partition coefficient (Wildman–Crippen LogP) is 1.20. The fraction of sp³-hybridized carbons (Fsp3) is 0.895. The lowest BCUT2D eigenvalue weighted by Crippen LogP contribution is -2.63. The van der Waals surface area contributed by atoms with Crippen molar-refractivity contribution in [3.05, 3.63) is 12.2 Å². The van der Waals surface area contributed by atoms with Crippen molar-refractivity contribution >= 4 is 11.8 Å². The summed E-state index contributed by atoms with van der Waals surface area (Å²) in [4.78, 5) is 28.8. The van der Waals surface area contributed by atoms with Gasteiger partial charge in [0.05, 0.1) is 55.7 Å². The molecule has 0 spiro atoms. The van der Waals surface area contributed by atoms with Gasteiger partial charge in [0.15, 0.2) is 18.4 Å². The van der Waals surface area contributed by atoms with E-state index in [2.05, 4.69) is 0 Å². The molecule has 0 aromatic heterocycles. The van der Waals surface area contributed by atoms with E-state index < -0.39 is 115 Å². The van der Waals surface area contributed by atoms with Crippen LogP contribution in [0.25, 0.3) is 0 Å². The van der Waals surface area contributed by atoms with E-state index in [1.165, 1.54) is 20.3 Å². The number of methoxy groups -OCH3 is 2. The minimum atomic E-state index is -1.22. The normalized spacial score (nSPS) is 48.2. The second-order valence-corrected chi connectivity index (χ2v) is 16.0. The Morgan fingerprint density at radius 2 is 1.51 bits per heavy atom. The molecule has 4 aliphatic heterocycles. The average Bonchev–Trinajstić information content (AvgIpc) is 3.77. The Labute approximate surface area is 314 Å². The van der Waals surface area contributed by atoms with Gasteiger partial charge in [-0.05, 0) is 65.8 Å². The number of cyclic esters (lactones) is 1. The van der Waals surface area contributed by atoms with Crippen LogP contribution in [0.4, 0.5) is 0 Å². The number of ether oxygens (including phenoxy) is 8. The molecule has 4 aliphatic rings. The van der Waals surface area contributed by atoms with Crippen molar-refractivity contribution in [3.63, 3.8) is 0 Å². The van der Waals surface area contributed by atoms with Gasteiger partial charge in [0.1, 0.15) is 36.1 Å². The van der Waals surface area contributed by atoms with Crippen LogP contribution < -0.4 is 0 Å². The van der Waals surface area contributed by atoms with Gasteiger partial charge >= 0.3 is 5.97 Å². The Hall–Kier alpha value is -1.60. The van der Waals surface area contributed by atoms with Gasteiger partial charge in [0.25, 0.3) is 0 Å². The lowest BCUT2D eigenvalue weighted by atomic mass is 9.82. The van der Waals surface area contributed by atoms with Crippen molar-refractivity contribution in [2.45, 2.75) is 159 Å². The third-order valence-corrected chi connectivity index (χ3v) is 11.7. The van der Waals surface area contributed by atoms with Gasteiger partial charge in [-0.15, -0.1) is 0 Å². The summed E-state index contributed by atoms with van der Waals surface area (Å²) in [5.41, 5.74) is -0.850. The molecule has 0 amide bonds. The van der Waals surface area contributed by atoms with Crippen molar-refractivity contribution in [1.29, 1.82) is 0 Å². The maximum atomic E-state index is 13.6. The zero-order valence-corrected chi connectivity index (χ0v) is 33.2. The highest BCUT2D eigenvalue weighted by atomic mass is 16.7. The molecule has 4 rings (SSSR count). The monoisotopic (exact) mass is 759 g/mol. The number of rotatable bonds is 9. The molecule has 15 nitrogen and oxygen atoms in total. The summed E-state index contributed by atoms with van der Waals surface area (Å²) < 4.78 is 48.1. The van der Waals surface area contributed by atoms with E-state index in [0.29, 0.717) is 12.8 Å². The maximum Gasteiger partial charge on any atom is 0.308 e. The van der Waals surface area contributed by atoms with E-state index in [1.54, 1.807) is 45.8 Å². The van der Waals surface area contributed by atoms with Gasteiger partial charge in [-0.3, -0.25) is 9.59 Å². The average molecular weight is 760 g/mol. The second-order valence-electron chi connectivity index (χ2n) is 16.0. The number of aliphatic hydroxyl groups is 4. The predicted molar refractivity (Wildman–Crippen MR) is 190 cm³/mol. The van der Waals surface area contributed by atoms with E-state index in [-0.39, 0.29) is 24.7 Å². The van der Waals surface area contributed by atoms with Crippen LogP contribution in [-0.4, -0.2) is 163 Å². The first-order chi connectivity index (χ1) is 24.9. The molecule has 19 atom stereocenters. The van der Waals surface area contributed by atoms with Gasteiger partial charge in [-0.25, -0.2) is 0 Å². The zero-order chi connectivity index (χ0) is 39.5. The lowest BCUT2D eigenvalue weighted by Gasteiger charge is -2.46. The molecule has 15 heteroatoms. The topological polar surface area (TPSA) is 195 Å². The minimum absolute atomic E-state index is 0.0190. The van der Waals surface area contributed by atoms with Gasteiger partial charge in [0, 0.05) is 32.0 Å². The molecule has 53 heavy (non-hydrogen) atoms. The van der Waals surface area contributed by atoms with Crippen LogP contribution in [0.2, 0.25) is 0 Å². The number of carbonyl (C=O) groups is 2. The fourth-order valence-electron chi connectivity index (χ4n) is 8.27. The number of hydrogen-bond acceptors (Lipinski definition) is 15. The highest BCUT2D eigenvalue weighted by Gasteiger charge is 2.58. The lowest BCUT2D eigenvalue weighted by molar-refractivity contribution is -0.305. The van der Waals surface area contributed by atoms with Gasteiger partial charge < -0.3 is 63.2 Å². The largest absolute Gasteiger partial charge is 0.462 e. The first kappa shape index (κ1) is 44.1. The quantitative estimate of drug-likeness (QED) is 0.193. The molecule has 0 aliphatic carbocycles. The zero-order valence-electron chi connectivity index (χ0n) is 33.2. The SMILES string of the molecule is CC[C@H]1OC(=O)C[C@@H](O)[C@H](C)[C@@H](O[C@@H]2O[C@H](C)[C@@H](O)[C@H](N(C)C)[C@H]2O)[C@@H](C)C[C@@H](C)C(=O)/C=C/[C@]2(C)O[C@@H]2[C@@H]1CO[C@@H]1O[C@H](C)[C@@H](O)[C@@H](OC)[C@H]1OC. The summed E-state index contributed by atoms with van der Waals surface area (Å²) in [6.07, 6.45) is -7.36. The Morgan fingerprint density at radius 3 is 2.11 bits per heavy atom. The molecule has 0 aromatic carbocycles. The number of nitrogens with zero attached hydrogens (tertiary/aromatic N) is 1. The van der Waals surface area contributed by atoms with Crippen LogP contribution in [0.3, 0.4) is 0 Å². The van der Waals surface area contributed by atoms with Crippen molar-refractivity contribution < 1.29 is 67.9 Å². The summed E-state index contributed by atoms with van der Waals surface area (Å²) in [6, 6.07) is -0.676. The highest BCUT2D eigenvalue weighted by molar-refractivity contribution is 5.91. The molecule has 4 heterocycles. The molecule has 3 saturated heterocycles. The Kier molecular flexibility index (Phi) is 15.5. The number of epoxide rings is 1. The summed E-state index contributed by atoms with van der Waals surface area (Å²) in [7, 11) is 6.45. The van der Waals surface area contributed by atoms with E-state index in [0.717, 1.165) is 0 Å². The van der Waals surface area contributed by atoms with Crippen molar-refractivity contribution in [2.75, 3.05) is 34.9 Å². The molecule has 0 saturated carbocycles. The van der Waals surface area contributed by atoms with E-state index >= 15 is 0 Å². The molecule has 4 N–H and O–H groups in total.